The minimum absolute atomic E-state index is 0.00324. The predicted molar refractivity (Wildman–Crippen MR) is 38.7 cm³/mol. The molecule has 0 aromatic carbocycles. The Bertz CT molecular complexity index is 106. The first-order chi connectivity index (χ1) is 4.68. The van der Waals surface area contributed by atoms with Crippen molar-refractivity contribution < 1.29 is 13.6 Å². The molecule has 0 aromatic heterocycles. The summed E-state index contributed by atoms with van der Waals surface area (Å²) in [6.07, 6.45) is -1.45. The van der Waals surface area contributed by atoms with Crippen molar-refractivity contribution >= 4 is 21.7 Å². The van der Waals surface area contributed by atoms with Gasteiger partial charge in [-0.2, -0.15) is 0 Å². The fourth-order valence-corrected chi connectivity index (χ4v) is 0.899. The summed E-state index contributed by atoms with van der Waals surface area (Å²) in [6, 6.07) is 0. The highest BCUT2D eigenvalue weighted by Gasteiger charge is 2.13. The summed E-state index contributed by atoms with van der Waals surface area (Å²) in [6.45, 7) is 0. The predicted octanol–water partition coefficient (Wildman–Crippen LogP) is 2.39. The van der Waals surface area contributed by atoms with Crippen molar-refractivity contribution in [1.29, 1.82) is 0 Å². The van der Waals surface area contributed by atoms with Crippen LogP contribution in [0.4, 0.5) is 8.78 Å². The normalized spacial score (nSPS) is 10.4. The van der Waals surface area contributed by atoms with Crippen molar-refractivity contribution in [1.82, 2.24) is 0 Å². The molecule has 0 bridgehead atoms. The van der Waals surface area contributed by atoms with Gasteiger partial charge in [0.2, 0.25) is 0 Å². The van der Waals surface area contributed by atoms with Gasteiger partial charge >= 0.3 is 0 Å². The first-order valence-corrected chi connectivity index (χ1v) is 4.17. The minimum Gasteiger partial charge on any atom is -0.293 e. The maximum atomic E-state index is 11.5. The zero-order valence-corrected chi connectivity index (χ0v) is 7.03. The number of ketones is 1. The van der Waals surface area contributed by atoms with Crippen LogP contribution in [0.1, 0.15) is 19.3 Å². The van der Waals surface area contributed by atoms with Gasteiger partial charge < -0.3 is 0 Å². The van der Waals surface area contributed by atoms with Gasteiger partial charge in [0.25, 0.3) is 6.43 Å². The van der Waals surface area contributed by atoms with E-state index in [9.17, 15) is 13.6 Å². The van der Waals surface area contributed by atoms with E-state index in [1.54, 1.807) is 0 Å². The van der Waals surface area contributed by atoms with Crippen LogP contribution < -0.4 is 0 Å². The number of rotatable bonds is 5. The van der Waals surface area contributed by atoms with E-state index in [0.29, 0.717) is 6.42 Å². The van der Waals surface area contributed by atoms with Gasteiger partial charge in [0.15, 0.2) is 5.78 Å². The zero-order chi connectivity index (χ0) is 7.98. The molecular weight excluding hydrogens is 206 g/mol. The number of alkyl halides is 3. The van der Waals surface area contributed by atoms with E-state index in [2.05, 4.69) is 15.9 Å². The molecule has 0 atom stereocenters. The van der Waals surface area contributed by atoms with Crippen LogP contribution in [0.2, 0.25) is 0 Å². The Morgan fingerprint density at radius 2 is 2.00 bits per heavy atom. The van der Waals surface area contributed by atoms with Crippen LogP contribution in [-0.2, 0) is 4.79 Å². The number of halogens is 3. The molecule has 0 spiro atoms. The molecule has 0 saturated carbocycles. The van der Waals surface area contributed by atoms with Crippen LogP contribution in [-0.4, -0.2) is 17.5 Å². The largest absolute Gasteiger partial charge is 0.295 e. The molecule has 0 fully saturated rings. The average molecular weight is 215 g/mol. The second kappa shape index (κ2) is 5.77. The van der Waals surface area contributed by atoms with Crippen molar-refractivity contribution in [2.24, 2.45) is 0 Å². The molecule has 0 amide bonds. The smallest absolute Gasteiger partial charge is 0.293 e. The lowest BCUT2D eigenvalue weighted by Gasteiger charge is -1.96. The summed E-state index contributed by atoms with van der Waals surface area (Å²) in [7, 11) is 0. The monoisotopic (exact) mass is 214 g/mol. The summed E-state index contributed by atoms with van der Waals surface area (Å²) >= 11 is 3.14. The van der Waals surface area contributed by atoms with Gasteiger partial charge in [-0.05, 0) is 12.8 Å². The highest BCUT2D eigenvalue weighted by molar-refractivity contribution is 9.09. The first-order valence-electron chi connectivity index (χ1n) is 3.05. The summed E-state index contributed by atoms with van der Waals surface area (Å²) in [5.74, 6) is -0.944. The maximum Gasteiger partial charge on any atom is 0.295 e. The molecule has 0 unspecified atom stereocenters. The Labute approximate surface area is 66.9 Å². The second-order valence-corrected chi connectivity index (χ2v) is 2.71. The number of hydrogen-bond donors (Lipinski definition) is 0. The fourth-order valence-electron chi connectivity index (χ4n) is 0.503. The van der Waals surface area contributed by atoms with Crippen molar-refractivity contribution in [3.05, 3.63) is 0 Å². The zero-order valence-electron chi connectivity index (χ0n) is 5.45. The Kier molecular flexibility index (Phi) is 5.78. The van der Waals surface area contributed by atoms with E-state index in [1.165, 1.54) is 0 Å². The van der Waals surface area contributed by atoms with E-state index < -0.39 is 12.2 Å². The van der Waals surface area contributed by atoms with Crippen molar-refractivity contribution in [3.63, 3.8) is 0 Å². The maximum absolute atomic E-state index is 11.5. The average Bonchev–Trinajstić information content (AvgIpc) is 1.88. The molecule has 60 valence electrons. The van der Waals surface area contributed by atoms with E-state index in [4.69, 9.17) is 0 Å². The summed E-state index contributed by atoms with van der Waals surface area (Å²) in [4.78, 5) is 10.3. The molecule has 0 saturated heterocycles. The standard InChI is InChI=1S/C6H9BrF2O/c7-4-2-1-3-5(10)6(8)9/h6H,1-4H2. The van der Waals surface area contributed by atoms with Gasteiger partial charge in [-0.25, -0.2) is 8.78 Å². The van der Waals surface area contributed by atoms with Crippen LogP contribution in [0.5, 0.6) is 0 Å². The van der Waals surface area contributed by atoms with Crippen molar-refractivity contribution in [3.8, 4) is 0 Å². The van der Waals surface area contributed by atoms with Crippen LogP contribution in [0.3, 0.4) is 0 Å². The molecule has 0 rings (SSSR count). The van der Waals surface area contributed by atoms with E-state index >= 15 is 0 Å². The van der Waals surface area contributed by atoms with Gasteiger partial charge in [0.05, 0.1) is 0 Å². The highest BCUT2D eigenvalue weighted by Crippen LogP contribution is 2.04. The van der Waals surface area contributed by atoms with E-state index in [-0.39, 0.29) is 6.42 Å². The second-order valence-electron chi connectivity index (χ2n) is 1.91. The number of Topliss-reactive ketones (excluding diaryl/α,β-unsaturated/α-hetero) is 1. The molecule has 10 heavy (non-hydrogen) atoms. The summed E-state index contributed by atoms with van der Waals surface area (Å²) in [5, 5.41) is 0.767. The number of hydrogen-bond acceptors (Lipinski definition) is 1. The number of carbonyl (C=O) groups excluding carboxylic acids is 1. The topological polar surface area (TPSA) is 17.1 Å². The van der Waals surface area contributed by atoms with Crippen LogP contribution in [0.25, 0.3) is 0 Å². The first kappa shape index (κ1) is 10.0. The van der Waals surface area contributed by atoms with E-state index in [0.717, 1.165) is 11.8 Å². The minimum atomic E-state index is -2.78. The Balaban J connectivity index is 3.22. The lowest BCUT2D eigenvalue weighted by Crippen LogP contribution is -2.08. The molecule has 0 aliphatic heterocycles. The molecule has 0 heterocycles. The number of unbranched alkanes of at least 4 members (excludes halogenated alkanes) is 1. The molecule has 0 radical (unpaired) electrons. The van der Waals surface area contributed by atoms with Crippen LogP contribution in [0, 0.1) is 0 Å². The molecule has 1 nitrogen and oxygen atoms in total. The lowest BCUT2D eigenvalue weighted by molar-refractivity contribution is -0.129. The molecule has 0 aliphatic carbocycles. The fraction of sp³-hybridized carbons (Fsp3) is 0.833. The molecule has 0 aliphatic rings. The number of carbonyl (C=O) groups is 1. The molecule has 4 heteroatoms. The van der Waals surface area contributed by atoms with Gasteiger partial charge in [0, 0.05) is 11.8 Å². The third kappa shape index (κ3) is 4.85. The quantitative estimate of drug-likeness (QED) is 0.508. The molecule has 0 N–H and O–H groups in total. The van der Waals surface area contributed by atoms with Gasteiger partial charge in [-0.15, -0.1) is 0 Å². The molecule has 0 aromatic rings. The molecular formula is C6H9BrF2O. The SMILES string of the molecule is O=C(CCCCBr)C(F)F. The lowest BCUT2D eigenvalue weighted by atomic mass is 10.2. The van der Waals surface area contributed by atoms with Crippen LogP contribution in [0.15, 0.2) is 0 Å². The van der Waals surface area contributed by atoms with Gasteiger partial charge in [-0.3, -0.25) is 4.79 Å². The summed E-state index contributed by atoms with van der Waals surface area (Å²) < 4.78 is 23.0. The Morgan fingerprint density at radius 3 is 2.40 bits per heavy atom. The van der Waals surface area contributed by atoms with E-state index in [1.807, 2.05) is 0 Å². The van der Waals surface area contributed by atoms with Crippen LogP contribution >= 0.6 is 15.9 Å². The van der Waals surface area contributed by atoms with Gasteiger partial charge in [0.1, 0.15) is 0 Å². The Morgan fingerprint density at radius 1 is 1.40 bits per heavy atom. The Hall–Kier alpha value is 0.01000. The van der Waals surface area contributed by atoms with Crippen molar-refractivity contribution in [2.75, 3.05) is 5.33 Å². The third-order valence-electron chi connectivity index (χ3n) is 1.05. The summed E-state index contributed by atoms with van der Waals surface area (Å²) in [5.41, 5.74) is 0. The highest BCUT2D eigenvalue weighted by atomic mass is 79.9. The van der Waals surface area contributed by atoms with Crippen molar-refractivity contribution in [2.45, 2.75) is 25.7 Å². The third-order valence-corrected chi connectivity index (χ3v) is 1.61. The van der Waals surface area contributed by atoms with Gasteiger partial charge in [-0.1, -0.05) is 15.9 Å².